The lowest BCUT2D eigenvalue weighted by atomic mass is 9.82. The molecular weight excluding hydrogens is 280 g/mol. The molecule has 2 fully saturated rings. The standard InChI is InChI=1S/C17H20N2O3/c20-15-10-16(21)19(17(22)18-15)11-13-8-4-5-9-14(13)12-6-2-1-3-7-12/h4-5,8-9,12H,1-3,6-7,10-11H2,(H,18,20,22). The zero-order valence-corrected chi connectivity index (χ0v) is 12.5. The second kappa shape index (κ2) is 6.30. The minimum absolute atomic E-state index is 0.241. The number of carbonyl (C=O) groups excluding carboxylic acids is 3. The maximum atomic E-state index is 12.0. The molecule has 1 saturated carbocycles. The Morgan fingerprint density at radius 2 is 1.77 bits per heavy atom. The van der Waals surface area contributed by atoms with Gasteiger partial charge in [-0.1, -0.05) is 43.5 Å². The van der Waals surface area contributed by atoms with Gasteiger partial charge < -0.3 is 0 Å². The topological polar surface area (TPSA) is 66.5 Å². The summed E-state index contributed by atoms with van der Waals surface area (Å²) in [6, 6.07) is 7.40. The van der Waals surface area contributed by atoms with Gasteiger partial charge in [-0.05, 0) is 29.9 Å². The lowest BCUT2D eigenvalue weighted by Crippen LogP contribution is -2.52. The van der Waals surface area contributed by atoms with E-state index in [1.165, 1.54) is 24.8 Å². The quantitative estimate of drug-likeness (QED) is 0.873. The van der Waals surface area contributed by atoms with Crippen LogP contribution in [0.3, 0.4) is 0 Å². The number of rotatable bonds is 3. The molecule has 0 bridgehead atoms. The molecule has 0 unspecified atom stereocenters. The van der Waals surface area contributed by atoms with Crippen molar-refractivity contribution in [1.29, 1.82) is 0 Å². The summed E-state index contributed by atoms with van der Waals surface area (Å²) >= 11 is 0. The van der Waals surface area contributed by atoms with E-state index in [4.69, 9.17) is 0 Å². The Kier molecular flexibility index (Phi) is 4.22. The number of hydrogen-bond acceptors (Lipinski definition) is 3. The number of imide groups is 2. The number of urea groups is 1. The van der Waals surface area contributed by atoms with E-state index in [1.54, 1.807) is 0 Å². The fourth-order valence-corrected chi connectivity index (χ4v) is 3.40. The van der Waals surface area contributed by atoms with Crippen molar-refractivity contribution in [2.24, 2.45) is 0 Å². The molecule has 3 rings (SSSR count). The largest absolute Gasteiger partial charge is 0.331 e. The van der Waals surface area contributed by atoms with Gasteiger partial charge in [-0.25, -0.2) is 4.79 Å². The average molecular weight is 300 g/mol. The molecule has 1 aliphatic heterocycles. The van der Waals surface area contributed by atoms with Crippen LogP contribution in [0.1, 0.15) is 55.6 Å². The molecule has 0 aromatic heterocycles. The van der Waals surface area contributed by atoms with Crippen molar-refractivity contribution in [3.8, 4) is 0 Å². The highest BCUT2D eigenvalue weighted by Gasteiger charge is 2.31. The van der Waals surface area contributed by atoms with Gasteiger partial charge in [0.15, 0.2) is 0 Å². The molecule has 2 aliphatic rings. The molecule has 0 radical (unpaired) electrons. The molecule has 1 N–H and O–H groups in total. The van der Waals surface area contributed by atoms with Gasteiger partial charge in [0.2, 0.25) is 11.8 Å². The summed E-state index contributed by atoms with van der Waals surface area (Å²) in [6.07, 6.45) is 5.82. The maximum absolute atomic E-state index is 12.0. The zero-order valence-electron chi connectivity index (χ0n) is 12.5. The van der Waals surface area contributed by atoms with Gasteiger partial charge in [0.05, 0.1) is 6.54 Å². The molecule has 22 heavy (non-hydrogen) atoms. The van der Waals surface area contributed by atoms with Crippen LogP contribution in [0.15, 0.2) is 24.3 Å². The Morgan fingerprint density at radius 3 is 2.50 bits per heavy atom. The molecule has 0 atom stereocenters. The molecule has 5 nitrogen and oxygen atoms in total. The van der Waals surface area contributed by atoms with Crippen molar-refractivity contribution in [3.63, 3.8) is 0 Å². The van der Waals surface area contributed by atoms with Gasteiger partial charge in [0.1, 0.15) is 6.42 Å². The normalized spacial score (nSPS) is 20.2. The van der Waals surface area contributed by atoms with Gasteiger partial charge in [0.25, 0.3) is 0 Å². The van der Waals surface area contributed by atoms with E-state index in [-0.39, 0.29) is 13.0 Å². The van der Waals surface area contributed by atoms with Crippen LogP contribution in [-0.2, 0) is 16.1 Å². The van der Waals surface area contributed by atoms with Crippen LogP contribution in [0.5, 0.6) is 0 Å². The summed E-state index contributed by atoms with van der Waals surface area (Å²) in [5, 5.41) is 2.21. The SMILES string of the molecule is O=C1CC(=O)N(Cc2ccccc2C2CCCCC2)C(=O)N1. The second-order valence-corrected chi connectivity index (χ2v) is 6.04. The van der Waals surface area contributed by atoms with Crippen LogP contribution in [0.25, 0.3) is 0 Å². The Hall–Kier alpha value is -2.17. The van der Waals surface area contributed by atoms with Crippen molar-refractivity contribution in [2.45, 2.75) is 51.0 Å². The zero-order chi connectivity index (χ0) is 15.5. The first-order valence-electron chi connectivity index (χ1n) is 7.87. The van der Waals surface area contributed by atoms with Crippen molar-refractivity contribution in [3.05, 3.63) is 35.4 Å². The number of benzene rings is 1. The minimum Gasteiger partial charge on any atom is -0.277 e. The third-order valence-corrected chi connectivity index (χ3v) is 4.53. The van der Waals surface area contributed by atoms with Crippen LogP contribution in [0.4, 0.5) is 4.79 Å². The Balaban J connectivity index is 1.81. The molecule has 1 aliphatic carbocycles. The molecule has 116 valence electrons. The number of carbonyl (C=O) groups is 3. The monoisotopic (exact) mass is 300 g/mol. The predicted octanol–water partition coefficient (Wildman–Crippen LogP) is 2.70. The molecule has 1 aromatic carbocycles. The summed E-state index contributed by atoms with van der Waals surface area (Å²) in [4.78, 5) is 36.2. The smallest absolute Gasteiger partial charge is 0.277 e. The highest BCUT2D eigenvalue weighted by atomic mass is 16.2. The van der Waals surface area contributed by atoms with E-state index < -0.39 is 17.8 Å². The highest BCUT2D eigenvalue weighted by molar-refractivity contribution is 6.14. The Morgan fingerprint density at radius 1 is 1.05 bits per heavy atom. The minimum atomic E-state index is -0.611. The van der Waals surface area contributed by atoms with E-state index >= 15 is 0 Å². The lowest BCUT2D eigenvalue weighted by Gasteiger charge is -2.28. The van der Waals surface area contributed by atoms with Gasteiger partial charge >= 0.3 is 6.03 Å². The number of barbiturate groups is 1. The molecule has 4 amide bonds. The summed E-state index contributed by atoms with van der Waals surface area (Å²) in [5.74, 6) is -0.437. The summed E-state index contributed by atoms with van der Waals surface area (Å²) in [5.41, 5.74) is 2.24. The van der Waals surface area contributed by atoms with Gasteiger partial charge in [-0.15, -0.1) is 0 Å². The third kappa shape index (κ3) is 3.03. The lowest BCUT2D eigenvalue weighted by molar-refractivity contribution is -0.136. The summed E-state index contributed by atoms with van der Waals surface area (Å²) in [6.45, 7) is 0.241. The average Bonchev–Trinajstić information content (AvgIpc) is 2.52. The summed E-state index contributed by atoms with van der Waals surface area (Å²) in [7, 11) is 0. The molecule has 1 saturated heterocycles. The third-order valence-electron chi connectivity index (χ3n) is 4.53. The summed E-state index contributed by atoms with van der Waals surface area (Å²) < 4.78 is 0. The van der Waals surface area contributed by atoms with Crippen LogP contribution in [0.2, 0.25) is 0 Å². The molecule has 5 heteroatoms. The molecule has 1 aromatic rings. The van der Waals surface area contributed by atoms with E-state index in [0.717, 1.165) is 23.3 Å². The molecule has 0 spiro atoms. The number of amides is 4. The van der Waals surface area contributed by atoms with Crippen molar-refractivity contribution in [1.82, 2.24) is 10.2 Å². The van der Waals surface area contributed by atoms with Crippen molar-refractivity contribution in [2.75, 3.05) is 0 Å². The predicted molar refractivity (Wildman–Crippen MR) is 81.0 cm³/mol. The van der Waals surface area contributed by atoms with Gasteiger partial charge in [0, 0.05) is 0 Å². The van der Waals surface area contributed by atoms with Crippen LogP contribution in [-0.4, -0.2) is 22.7 Å². The van der Waals surface area contributed by atoms with E-state index in [0.29, 0.717) is 5.92 Å². The molecular formula is C17H20N2O3. The van der Waals surface area contributed by atoms with Gasteiger partial charge in [-0.2, -0.15) is 0 Å². The first-order chi connectivity index (χ1) is 10.6. The number of hydrogen-bond donors (Lipinski definition) is 1. The van der Waals surface area contributed by atoms with Crippen molar-refractivity contribution >= 4 is 17.8 Å². The van der Waals surface area contributed by atoms with Crippen LogP contribution < -0.4 is 5.32 Å². The second-order valence-electron chi connectivity index (χ2n) is 6.04. The van der Waals surface area contributed by atoms with Crippen LogP contribution in [0, 0.1) is 0 Å². The Bertz CT molecular complexity index is 586. The first kappa shape index (κ1) is 14.8. The van der Waals surface area contributed by atoms with Crippen LogP contribution >= 0.6 is 0 Å². The van der Waals surface area contributed by atoms with Gasteiger partial charge in [-0.3, -0.25) is 19.8 Å². The molecule has 1 heterocycles. The van der Waals surface area contributed by atoms with Crippen molar-refractivity contribution < 1.29 is 14.4 Å². The number of nitrogens with one attached hydrogen (secondary N) is 1. The number of nitrogens with zero attached hydrogens (tertiary/aromatic N) is 1. The Labute approximate surface area is 129 Å². The highest BCUT2D eigenvalue weighted by Crippen LogP contribution is 2.34. The van der Waals surface area contributed by atoms with E-state index in [9.17, 15) is 14.4 Å². The maximum Gasteiger partial charge on any atom is 0.331 e. The fraction of sp³-hybridized carbons (Fsp3) is 0.471. The van der Waals surface area contributed by atoms with E-state index in [1.807, 2.05) is 18.2 Å². The van der Waals surface area contributed by atoms with E-state index in [2.05, 4.69) is 11.4 Å². The fourth-order valence-electron chi connectivity index (χ4n) is 3.40. The first-order valence-corrected chi connectivity index (χ1v) is 7.87.